The van der Waals surface area contributed by atoms with E-state index in [0.29, 0.717) is 6.54 Å². The van der Waals surface area contributed by atoms with Crippen molar-refractivity contribution >= 4 is 26.1 Å². The second kappa shape index (κ2) is 7.23. The Bertz CT molecular complexity index is 459. The van der Waals surface area contributed by atoms with Gasteiger partial charge < -0.3 is 0 Å². The fourth-order valence-corrected chi connectivity index (χ4v) is 2.96. The van der Waals surface area contributed by atoms with Crippen LogP contribution in [0.5, 0.6) is 0 Å². The molecule has 1 aromatic rings. The molecule has 0 saturated carbocycles. The first kappa shape index (κ1) is 15.6. The second-order valence-electron chi connectivity index (χ2n) is 4.19. The molecular weight excluding hydrogens is 316 g/mol. The first-order valence-electron chi connectivity index (χ1n) is 5.94. The molecular formula is C12H19BrN2O2S. The quantitative estimate of drug-likeness (QED) is 0.803. The lowest BCUT2D eigenvalue weighted by Crippen LogP contribution is -2.41. The van der Waals surface area contributed by atoms with Gasteiger partial charge in [0, 0.05) is 17.1 Å². The van der Waals surface area contributed by atoms with Gasteiger partial charge in [0.15, 0.2) is 0 Å². The van der Waals surface area contributed by atoms with Gasteiger partial charge in [-0.1, -0.05) is 35.0 Å². The van der Waals surface area contributed by atoms with Crippen molar-refractivity contribution in [2.45, 2.75) is 32.7 Å². The van der Waals surface area contributed by atoms with Crippen LogP contribution in [0.3, 0.4) is 0 Å². The van der Waals surface area contributed by atoms with E-state index in [2.05, 4.69) is 25.4 Å². The van der Waals surface area contributed by atoms with Crippen LogP contribution in [-0.4, -0.2) is 21.0 Å². The molecule has 0 aliphatic heterocycles. The third-order valence-corrected chi connectivity index (χ3v) is 4.38. The number of halogens is 1. The summed E-state index contributed by atoms with van der Waals surface area (Å²) in [6, 6.07) is 7.97. The summed E-state index contributed by atoms with van der Waals surface area (Å²) in [4.78, 5) is 0. The van der Waals surface area contributed by atoms with Crippen molar-refractivity contribution in [1.82, 2.24) is 9.44 Å². The number of hydrogen-bond donors (Lipinski definition) is 2. The van der Waals surface area contributed by atoms with Crippen LogP contribution >= 0.6 is 15.9 Å². The fourth-order valence-electron chi connectivity index (χ4n) is 1.59. The third-order valence-electron chi connectivity index (χ3n) is 2.47. The van der Waals surface area contributed by atoms with E-state index in [0.717, 1.165) is 17.3 Å². The highest BCUT2D eigenvalue weighted by Crippen LogP contribution is 2.12. The van der Waals surface area contributed by atoms with E-state index in [9.17, 15) is 8.42 Å². The Morgan fingerprint density at radius 3 is 2.44 bits per heavy atom. The van der Waals surface area contributed by atoms with E-state index < -0.39 is 10.2 Å². The maximum atomic E-state index is 11.5. The van der Waals surface area contributed by atoms with E-state index in [1.807, 2.05) is 31.2 Å². The average molecular weight is 335 g/mol. The summed E-state index contributed by atoms with van der Waals surface area (Å²) in [5.74, 6) is 0. The van der Waals surface area contributed by atoms with Crippen molar-refractivity contribution in [2.75, 3.05) is 6.54 Å². The monoisotopic (exact) mass is 334 g/mol. The van der Waals surface area contributed by atoms with Gasteiger partial charge in [0.2, 0.25) is 0 Å². The first-order valence-corrected chi connectivity index (χ1v) is 8.22. The van der Waals surface area contributed by atoms with Crippen molar-refractivity contribution in [1.29, 1.82) is 0 Å². The number of aryl methyl sites for hydroxylation is 1. The molecule has 2 N–H and O–H groups in total. The van der Waals surface area contributed by atoms with Gasteiger partial charge in [-0.25, -0.2) is 4.72 Å². The Labute approximate surface area is 117 Å². The Hall–Kier alpha value is -0.430. The predicted octanol–water partition coefficient (Wildman–Crippen LogP) is 2.21. The first-order chi connectivity index (χ1) is 8.43. The molecule has 0 amide bonds. The van der Waals surface area contributed by atoms with E-state index in [1.165, 1.54) is 5.56 Å². The lowest BCUT2D eigenvalue weighted by molar-refractivity contribution is 0.536. The molecule has 1 atom stereocenters. The van der Waals surface area contributed by atoms with Gasteiger partial charge in [-0.2, -0.15) is 13.1 Å². The minimum atomic E-state index is -3.35. The van der Waals surface area contributed by atoms with Gasteiger partial charge in [0.05, 0.1) is 0 Å². The zero-order chi connectivity index (χ0) is 13.6. The van der Waals surface area contributed by atoms with Crippen molar-refractivity contribution < 1.29 is 8.42 Å². The number of hydrogen-bond acceptors (Lipinski definition) is 2. The summed E-state index contributed by atoms with van der Waals surface area (Å²) in [6.07, 6.45) is 1.62. The van der Waals surface area contributed by atoms with Gasteiger partial charge in [-0.05, 0) is 37.5 Å². The van der Waals surface area contributed by atoms with Crippen LogP contribution in [-0.2, 0) is 16.6 Å². The average Bonchev–Trinajstić information content (AvgIpc) is 2.27. The lowest BCUT2D eigenvalue weighted by atomic mass is 10.1. The zero-order valence-corrected chi connectivity index (χ0v) is 13.0. The molecule has 6 heteroatoms. The van der Waals surface area contributed by atoms with Gasteiger partial charge >= 0.3 is 0 Å². The molecule has 4 nitrogen and oxygen atoms in total. The Morgan fingerprint density at radius 2 is 1.89 bits per heavy atom. The Balaban J connectivity index is 2.42. The molecule has 0 heterocycles. The normalized spacial score (nSPS) is 13.5. The summed E-state index contributed by atoms with van der Waals surface area (Å²) in [6.45, 7) is 4.02. The summed E-state index contributed by atoms with van der Waals surface area (Å²) >= 11 is 3.38. The molecule has 0 bridgehead atoms. The molecule has 0 aliphatic rings. The maximum Gasteiger partial charge on any atom is 0.277 e. The van der Waals surface area contributed by atoms with Crippen LogP contribution in [0.15, 0.2) is 28.7 Å². The molecule has 0 fully saturated rings. The zero-order valence-electron chi connectivity index (χ0n) is 10.6. The molecule has 18 heavy (non-hydrogen) atoms. The Kier molecular flexibility index (Phi) is 6.28. The second-order valence-corrected chi connectivity index (χ2v) is 6.63. The summed E-state index contributed by atoms with van der Waals surface area (Å²) < 4.78 is 29.0. The topological polar surface area (TPSA) is 58.2 Å². The Morgan fingerprint density at radius 1 is 1.28 bits per heavy atom. The van der Waals surface area contributed by atoms with Crippen molar-refractivity contribution in [2.24, 2.45) is 0 Å². The number of rotatable bonds is 7. The van der Waals surface area contributed by atoms with Crippen LogP contribution < -0.4 is 9.44 Å². The predicted molar refractivity (Wildman–Crippen MR) is 77.7 cm³/mol. The fraction of sp³-hybridized carbons (Fsp3) is 0.500. The molecule has 0 aromatic heterocycles. The molecule has 1 rings (SSSR count). The molecule has 1 aromatic carbocycles. The summed E-state index contributed by atoms with van der Waals surface area (Å²) in [5.41, 5.74) is 1.20. The van der Waals surface area contributed by atoms with Crippen molar-refractivity contribution in [3.05, 3.63) is 34.3 Å². The SMILES string of the molecule is CCNS(=O)(=O)NC(C)CCc1ccc(Br)cc1. The highest BCUT2D eigenvalue weighted by Gasteiger charge is 2.12. The number of nitrogens with one attached hydrogen (secondary N) is 2. The molecule has 1 unspecified atom stereocenters. The van der Waals surface area contributed by atoms with Crippen molar-refractivity contribution in [3.63, 3.8) is 0 Å². The molecule has 0 aliphatic carbocycles. The van der Waals surface area contributed by atoms with E-state index in [4.69, 9.17) is 0 Å². The summed E-state index contributed by atoms with van der Waals surface area (Å²) in [5, 5.41) is 0. The van der Waals surface area contributed by atoms with Crippen LogP contribution in [0.25, 0.3) is 0 Å². The van der Waals surface area contributed by atoms with Gasteiger partial charge in [0.1, 0.15) is 0 Å². The highest BCUT2D eigenvalue weighted by molar-refractivity contribution is 9.10. The number of benzene rings is 1. The largest absolute Gasteiger partial charge is 0.277 e. The minimum Gasteiger partial charge on any atom is -0.203 e. The summed E-state index contributed by atoms with van der Waals surface area (Å²) in [7, 11) is -3.35. The molecule has 0 radical (unpaired) electrons. The lowest BCUT2D eigenvalue weighted by Gasteiger charge is -2.14. The molecule has 0 spiro atoms. The van der Waals surface area contributed by atoms with Crippen LogP contribution in [0, 0.1) is 0 Å². The smallest absolute Gasteiger partial charge is 0.203 e. The molecule has 0 saturated heterocycles. The van der Waals surface area contributed by atoms with Gasteiger partial charge in [0.25, 0.3) is 10.2 Å². The maximum absolute atomic E-state index is 11.5. The third kappa shape index (κ3) is 5.95. The van der Waals surface area contributed by atoms with E-state index in [-0.39, 0.29) is 6.04 Å². The van der Waals surface area contributed by atoms with Crippen LogP contribution in [0.4, 0.5) is 0 Å². The van der Waals surface area contributed by atoms with Crippen LogP contribution in [0.2, 0.25) is 0 Å². The minimum absolute atomic E-state index is 0.0855. The van der Waals surface area contributed by atoms with E-state index >= 15 is 0 Å². The van der Waals surface area contributed by atoms with E-state index in [1.54, 1.807) is 6.92 Å². The highest BCUT2D eigenvalue weighted by atomic mass is 79.9. The van der Waals surface area contributed by atoms with Gasteiger partial charge in [-0.15, -0.1) is 0 Å². The standard InChI is InChI=1S/C12H19BrN2O2S/c1-3-14-18(16,17)15-10(2)4-5-11-6-8-12(13)9-7-11/h6-10,14-15H,3-5H2,1-2H3. The molecule has 102 valence electrons. The van der Waals surface area contributed by atoms with Crippen molar-refractivity contribution in [3.8, 4) is 0 Å². The van der Waals surface area contributed by atoms with Crippen LogP contribution in [0.1, 0.15) is 25.8 Å². The van der Waals surface area contributed by atoms with Gasteiger partial charge in [-0.3, -0.25) is 0 Å².